The molecule has 1 aromatic carbocycles. The van der Waals surface area contributed by atoms with Crippen molar-refractivity contribution in [3.8, 4) is 5.69 Å². The molecule has 0 aliphatic carbocycles. The topological polar surface area (TPSA) is 59.0 Å². The van der Waals surface area contributed by atoms with E-state index in [9.17, 15) is 4.79 Å². The summed E-state index contributed by atoms with van der Waals surface area (Å²) in [6.07, 6.45) is 4.43. The molecular weight excluding hydrogens is 276 g/mol. The number of nitrogens with one attached hydrogen (secondary N) is 2. The molecule has 0 saturated heterocycles. The summed E-state index contributed by atoms with van der Waals surface area (Å²) in [6, 6.07) is 3.39. The fourth-order valence-electron chi connectivity index (χ4n) is 2.56. The van der Waals surface area contributed by atoms with Crippen LogP contribution >= 0.6 is 11.6 Å². The number of benzene rings is 1. The van der Waals surface area contributed by atoms with Gasteiger partial charge in [0, 0.05) is 30.1 Å². The minimum Gasteiger partial charge on any atom is -0.324 e. The summed E-state index contributed by atoms with van der Waals surface area (Å²) in [5.74, 6) is 0.874. The molecule has 5 nitrogen and oxygen atoms in total. The van der Waals surface area contributed by atoms with Gasteiger partial charge in [0.05, 0.1) is 10.7 Å². The number of halogens is 1. The van der Waals surface area contributed by atoms with Crippen LogP contribution in [0.3, 0.4) is 0 Å². The van der Waals surface area contributed by atoms with Crippen LogP contribution in [0, 0.1) is 0 Å². The Morgan fingerprint density at radius 3 is 3.00 bits per heavy atom. The molecule has 1 unspecified atom stereocenters. The Morgan fingerprint density at radius 2 is 2.30 bits per heavy atom. The standard InChI is InChI=1S/C14H15ClN4O/c1-3-12-17-4-5-19(12)11-7-10-8(6-9(11)15)13(16-2)14(20)18-10/h4-7,13,16H,3H2,1-2H3,(H,18,20). The number of anilines is 1. The van der Waals surface area contributed by atoms with E-state index >= 15 is 0 Å². The van der Waals surface area contributed by atoms with Crippen LogP contribution in [0.5, 0.6) is 0 Å². The number of imidazole rings is 1. The maximum Gasteiger partial charge on any atom is 0.246 e. The van der Waals surface area contributed by atoms with Gasteiger partial charge in [-0.25, -0.2) is 4.98 Å². The van der Waals surface area contributed by atoms with Crippen LogP contribution in [0.4, 0.5) is 5.69 Å². The smallest absolute Gasteiger partial charge is 0.246 e. The van der Waals surface area contributed by atoms with Gasteiger partial charge in [-0.3, -0.25) is 4.79 Å². The van der Waals surface area contributed by atoms with Gasteiger partial charge in [-0.05, 0) is 19.2 Å². The summed E-state index contributed by atoms with van der Waals surface area (Å²) in [5, 5.41) is 6.46. The molecule has 1 aliphatic rings. The van der Waals surface area contributed by atoms with E-state index in [1.807, 2.05) is 29.8 Å². The third kappa shape index (κ3) is 1.90. The number of likely N-dealkylation sites (N-methyl/N-ethyl adjacent to an activating group) is 1. The van der Waals surface area contributed by atoms with E-state index in [1.54, 1.807) is 13.2 Å². The molecule has 0 bridgehead atoms. The summed E-state index contributed by atoms with van der Waals surface area (Å²) >= 11 is 6.38. The molecule has 1 atom stereocenters. The number of rotatable bonds is 3. The molecule has 2 N–H and O–H groups in total. The zero-order chi connectivity index (χ0) is 14.3. The molecule has 1 aromatic heterocycles. The third-order valence-corrected chi connectivity index (χ3v) is 3.83. The van der Waals surface area contributed by atoms with E-state index in [2.05, 4.69) is 15.6 Å². The van der Waals surface area contributed by atoms with Gasteiger partial charge in [-0.15, -0.1) is 0 Å². The van der Waals surface area contributed by atoms with Crippen LogP contribution in [-0.2, 0) is 11.2 Å². The lowest BCUT2D eigenvalue weighted by molar-refractivity contribution is -0.117. The minimum atomic E-state index is -0.343. The highest BCUT2D eigenvalue weighted by Crippen LogP contribution is 2.36. The Labute approximate surface area is 122 Å². The van der Waals surface area contributed by atoms with Gasteiger partial charge in [0.2, 0.25) is 5.91 Å². The van der Waals surface area contributed by atoms with E-state index in [4.69, 9.17) is 11.6 Å². The largest absolute Gasteiger partial charge is 0.324 e. The fraction of sp³-hybridized carbons (Fsp3) is 0.286. The van der Waals surface area contributed by atoms with Gasteiger partial charge in [0.1, 0.15) is 11.9 Å². The van der Waals surface area contributed by atoms with Crippen LogP contribution in [0.2, 0.25) is 5.02 Å². The maximum atomic E-state index is 11.9. The highest BCUT2D eigenvalue weighted by molar-refractivity contribution is 6.32. The molecule has 3 rings (SSSR count). The summed E-state index contributed by atoms with van der Waals surface area (Å²) < 4.78 is 1.95. The first-order chi connectivity index (χ1) is 9.65. The molecule has 2 aromatic rings. The lowest BCUT2D eigenvalue weighted by Crippen LogP contribution is -2.23. The number of hydrogen-bond acceptors (Lipinski definition) is 3. The highest BCUT2D eigenvalue weighted by Gasteiger charge is 2.30. The van der Waals surface area contributed by atoms with Crippen molar-refractivity contribution < 1.29 is 4.79 Å². The number of fused-ring (bicyclic) bond motifs is 1. The van der Waals surface area contributed by atoms with E-state index in [-0.39, 0.29) is 11.9 Å². The van der Waals surface area contributed by atoms with Crippen molar-refractivity contribution in [2.24, 2.45) is 0 Å². The van der Waals surface area contributed by atoms with Gasteiger partial charge in [-0.2, -0.15) is 0 Å². The zero-order valence-corrected chi connectivity index (χ0v) is 12.0. The lowest BCUT2D eigenvalue weighted by Gasteiger charge is -2.12. The number of carbonyl (C=O) groups is 1. The van der Waals surface area contributed by atoms with Crippen molar-refractivity contribution in [1.82, 2.24) is 14.9 Å². The van der Waals surface area contributed by atoms with Crippen LogP contribution in [0.1, 0.15) is 24.4 Å². The van der Waals surface area contributed by atoms with Gasteiger partial charge >= 0.3 is 0 Å². The molecule has 0 saturated carbocycles. The van der Waals surface area contributed by atoms with E-state index in [1.165, 1.54) is 0 Å². The second-order valence-corrected chi connectivity index (χ2v) is 5.08. The Hall–Kier alpha value is -1.85. The second-order valence-electron chi connectivity index (χ2n) is 4.67. The molecule has 0 fully saturated rings. The SMILES string of the molecule is CCc1nccn1-c1cc2c(cc1Cl)C(NC)C(=O)N2. The molecule has 1 amide bonds. The van der Waals surface area contributed by atoms with Crippen molar-refractivity contribution >= 4 is 23.2 Å². The number of amides is 1. The Kier molecular flexibility index (Phi) is 3.23. The van der Waals surface area contributed by atoms with Crippen molar-refractivity contribution in [1.29, 1.82) is 0 Å². The Balaban J connectivity index is 2.13. The third-order valence-electron chi connectivity index (χ3n) is 3.53. The summed E-state index contributed by atoms with van der Waals surface area (Å²) in [5.41, 5.74) is 2.51. The number of carbonyl (C=O) groups excluding carboxylic acids is 1. The summed E-state index contributed by atoms with van der Waals surface area (Å²) in [7, 11) is 1.76. The molecule has 104 valence electrons. The van der Waals surface area contributed by atoms with Gasteiger partial charge in [0.25, 0.3) is 0 Å². The minimum absolute atomic E-state index is 0.0583. The quantitative estimate of drug-likeness (QED) is 0.912. The van der Waals surface area contributed by atoms with Crippen molar-refractivity contribution in [3.05, 3.63) is 40.9 Å². The van der Waals surface area contributed by atoms with E-state index in [0.29, 0.717) is 5.02 Å². The zero-order valence-electron chi connectivity index (χ0n) is 11.3. The van der Waals surface area contributed by atoms with Gasteiger partial charge < -0.3 is 15.2 Å². The van der Waals surface area contributed by atoms with Gasteiger partial charge in [0.15, 0.2) is 0 Å². The first kappa shape index (κ1) is 13.1. The average molecular weight is 291 g/mol. The molecular formula is C14H15ClN4O. The molecule has 0 radical (unpaired) electrons. The summed E-state index contributed by atoms with van der Waals surface area (Å²) in [4.78, 5) is 16.2. The Morgan fingerprint density at radius 1 is 1.50 bits per heavy atom. The fourth-order valence-corrected chi connectivity index (χ4v) is 2.82. The van der Waals surface area contributed by atoms with Crippen LogP contribution < -0.4 is 10.6 Å². The van der Waals surface area contributed by atoms with Crippen LogP contribution in [0.25, 0.3) is 5.69 Å². The molecule has 0 spiro atoms. The number of aryl methyl sites for hydroxylation is 1. The molecule has 20 heavy (non-hydrogen) atoms. The van der Waals surface area contributed by atoms with Gasteiger partial charge in [-0.1, -0.05) is 18.5 Å². The number of aromatic nitrogens is 2. The predicted molar refractivity (Wildman–Crippen MR) is 78.4 cm³/mol. The molecule has 6 heteroatoms. The first-order valence-corrected chi connectivity index (χ1v) is 6.87. The molecule has 1 aliphatic heterocycles. The summed E-state index contributed by atoms with van der Waals surface area (Å²) in [6.45, 7) is 2.04. The maximum absolute atomic E-state index is 11.9. The average Bonchev–Trinajstić information content (AvgIpc) is 3.00. The van der Waals surface area contributed by atoms with E-state index < -0.39 is 0 Å². The van der Waals surface area contributed by atoms with Crippen molar-refractivity contribution in [2.45, 2.75) is 19.4 Å². The first-order valence-electron chi connectivity index (χ1n) is 6.50. The monoisotopic (exact) mass is 290 g/mol. The number of nitrogens with zero attached hydrogens (tertiary/aromatic N) is 2. The van der Waals surface area contributed by atoms with Crippen molar-refractivity contribution in [3.63, 3.8) is 0 Å². The van der Waals surface area contributed by atoms with Crippen LogP contribution in [0.15, 0.2) is 24.5 Å². The Bertz CT molecular complexity index is 680. The van der Waals surface area contributed by atoms with Crippen LogP contribution in [-0.4, -0.2) is 22.5 Å². The van der Waals surface area contributed by atoms with E-state index in [0.717, 1.165) is 29.2 Å². The lowest BCUT2D eigenvalue weighted by atomic mass is 10.1. The predicted octanol–water partition coefficient (Wildman–Crippen LogP) is 2.30. The van der Waals surface area contributed by atoms with Crippen molar-refractivity contribution in [2.75, 3.05) is 12.4 Å². The number of hydrogen-bond donors (Lipinski definition) is 2. The highest BCUT2D eigenvalue weighted by atomic mass is 35.5. The second kappa shape index (κ2) is 4.92. The normalized spacial score (nSPS) is 17.1. The molecule has 2 heterocycles.